The summed E-state index contributed by atoms with van der Waals surface area (Å²) in [5, 5.41) is 18.8. The second kappa shape index (κ2) is 5.91. The summed E-state index contributed by atoms with van der Waals surface area (Å²) in [6.07, 6.45) is 0.504. The number of methoxy groups -OCH3 is 1. The van der Waals surface area contributed by atoms with Gasteiger partial charge in [0.1, 0.15) is 11.1 Å². The van der Waals surface area contributed by atoms with E-state index in [0.717, 1.165) is 16.7 Å². The van der Waals surface area contributed by atoms with Gasteiger partial charge in [0, 0.05) is 11.8 Å². The number of β-lactam (4-membered cyclic amide) rings is 1. The average molecular weight is 350 g/mol. The smallest absolute Gasteiger partial charge is 0.357 e. The second-order valence-electron chi connectivity index (χ2n) is 5.36. The minimum atomic E-state index is -1.28. The zero-order valence-corrected chi connectivity index (χ0v) is 13.6. The first kappa shape index (κ1) is 16.5. The molecule has 1 amide bonds. The monoisotopic (exact) mass is 350 g/mol. The van der Waals surface area contributed by atoms with Crippen LogP contribution in [0.25, 0.3) is 4.91 Å². The number of hydrogen-bond acceptors (Lipinski definition) is 7. The molecular formula is C15H14N2O6S. The Morgan fingerprint density at radius 3 is 2.75 bits per heavy atom. The molecule has 0 aromatic carbocycles. The standard InChI is InChI=1S/C15H14N2O6S/c1-6(18)8-12(19)17-10(14(20)21)11(24-13(8)17)7-4-3-5-16-9(7)15(22)23-2/h3-6,8,13,18H,1-2H3,(H,20,21)/t6-,8+,13-/m1/s1. The summed E-state index contributed by atoms with van der Waals surface area (Å²) in [7, 11) is 1.20. The summed E-state index contributed by atoms with van der Waals surface area (Å²) < 4.78 is 4.68. The number of ether oxygens (including phenoxy) is 1. The van der Waals surface area contributed by atoms with E-state index in [4.69, 9.17) is 0 Å². The molecule has 1 aromatic heterocycles. The highest BCUT2D eigenvalue weighted by molar-refractivity contribution is 8.09. The first-order valence-electron chi connectivity index (χ1n) is 7.07. The van der Waals surface area contributed by atoms with Crippen molar-refractivity contribution < 1.29 is 29.3 Å². The Labute approximate surface area is 141 Å². The van der Waals surface area contributed by atoms with Crippen molar-refractivity contribution in [3.05, 3.63) is 35.3 Å². The molecule has 0 saturated carbocycles. The molecule has 0 spiro atoms. The van der Waals surface area contributed by atoms with Gasteiger partial charge in [-0.3, -0.25) is 9.69 Å². The molecule has 2 N–H and O–H groups in total. The molecule has 1 aromatic rings. The molecule has 0 bridgehead atoms. The fourth-order valence-electron chi connectivity index (χ4n) is 2.82. The molecule has 0 unspecified atom stereocenters. The minimum absolute atomic E-state index is 0.0233. The number of amides is 1. The van der Waals surface area contributed by atoms with Crippen molar-refractivity contribution in [2.24, 2.45) is 5.92 Å². The van der Waals surface area contributed by atoms with Crippen molar-refractivity contribution in [3.63, 3.8) is 0 Å². The molecule has 3 atom stereocenters. The SMILES string of the molecule is COC(=O)c1ncccc1C1=C(C(=O)O)N2C(=O)[C@H]([C@@H](C)O)[C@H]2S1. The molecule has 0 radical (unpaired) electrons. The van der Waals surface area contributed by atoms with Gasteiger partial charge < -0.3 is 14.9 Å². The van der Waals surface area contributed by atoms with Crippen LogP contribution in [0.3, 0.4) is 0 Å². The Morgan fingerprint density at radius 2 is 2.17 bits per heavy atom. The van der Waals surface area contributed by atoms with Crippen LogP contribution in [-0.2, 0) is 14.3 Å². The average Bonchev–Trinajstić information content (AvgIpc) is 2.88. The predicted octanol–water partition coefficient (Wildman–Crippen LogP) is 0.534. The van der Waals surface area contributed by atoms with Gasteiger partial charge in [-0.1, -0.05) is 11.8 Å². The molecule has 2 aliphatic rings. The lowest BCUT2D eigenvalue weighted by atomic mass is 9.92. The summed E-state index contributed by atoms with van der Waals surface area (Å²) in [5.74, 6) is -3.10. The van der Waals surface area contributed by atoms with Gasteiger partial charge in [-0.25, -0.2) is 14.6 Å². The highest BCUT2D eigenvalue weighted by atomic mass is 32.2. The van der Waals surface area contributed by atoms with Gasteiger partial charge in [-0.2, -0.15) is 0 Å². The van der Waals surface area contributed by atoms with Crippen LogP contribution in [0.4, 0.5) is 0 Å². The summed E-state index contributed by atoms with van der Waals surface area (Å²) in [4.78, 5) is 41.2. The normalized spacial score (nSPS) is 23.6. The zero-order valence-electron chi connectivity index (χ0n) is 12.8. The fourth-order valence-corrected chi connectivity index (χ4v) is 4.46. The topological polar surface area (TPSA) is 117 Å². The number of aliphatic hydroxyl groups excluding tert-OH is 1. The van der Waals surface area contributed by atoms with Crippen molar-refractivity contribution >= 4 is 34.5 Å². The van der Waals surface area contributed by atoms with E-state index in [1.807, 2.05) is 0 Å². The lowest BCUT2D eigenvalue weighted by Gasteiger charge is -2.43. The van der Waals surface area contributed by atoms with E-state index in [1.165, 1.54) is 20.2 Å². The minimum Gasteiger partial charge on any atom is -0.477 e. The third-order valence-corrected chi connectivity index (χ3v) is 5.33. The Hall–Kier alpha value is -2.39. The number of aliphatic carboxylic acids is 1. The van der Waals surface area contributed by atoms with Crippen molar-refractivity contribution in [2.45, 2.75) is 18.4 Å². The molecule has 126 valence electrons. The molecule has 9 heteroatoms. The van der Waals surface area contributed by atoms with Crippen LogP contribution in [0.15, 0.2) is 24.0 Å². The van der Waals surface area contributed by atoms with Gasteiger partial charge in [0.05, 0.1) is 24.0 Å². The van der Waals surface area contributed by atoms with Crippen LogP contribution < -0.4 is 0 Å². The van der Waals surface area contributed by atoms with Crippen molar-refractivity contribution in [1.29, 1.82) is 0 Å². The number of aromatic nitrogens is 1. The Morgan fingerprint density at radius 1 is 1.46 bits per heavy atom. The van der Waals surface area contributed by atoms with Crippen LogP contribution in [0.1, 0.15) is 23.0 Å². The van der Waals surface area contributed by atoms with Crippen molar-refractivity contribution in [3.8, 4) is 0 Å². The first-order valence-corrected chi connectivity index (χ1v) is 7.95. The number of fused-ring (bicyclic) bond motifs is 1. The van der Waals surface area contributed by atoms with E-state index in [-0.39, 0.29) is 16.3 Å². The number of carboxylic acids is 1. The number of nitrogens with zero attached hydrogens (tertiary/aromatic N) is 2. The van der Waals surface area contributed by atoms with Gasteiger partial charge in [0.2, 0.25) is 5.91 Å². The van der Waals surface area contributed by atoms with Crippen LogP contribution in [0, 0.1) is 5.92 Å². The Kier molecular flexibility index (Phi) is 4.06. The van der Waals surface area contributed by atoms with E-state index in [0.29, 0.717) is 5.56 Å². The summed E-state index contributed by atoms with van der Waals surface area (Å²) in [6, 6.07) is 3.12. The maximum absolute atomic E-state index is 12.2. The number of esters is 1. The van der Waals surface area contributed by atoms with E-state index in [9.17, 15) is 24.6 Å². The quantitative estimate of drug-likeness (QED) is 0.597. The Balaban J connectivity index is 2.10. The number of hydrogen-bond donors (Lipinski definition) is 2. The first-order chi connectivity index (χ1) is 11.4. The van der Waals surface area contributed by atoms with Crippen LogP contribution in [0.5, 0.6) is 0 Å². The maximum atomic E-state index is 12.2. The van der Waals surface area contributed by atoms with Gasteiger partial charge >= 0.3 is 11.9 Å². The molecule has 2 aliphatic heterocycles. The van der Waals surface area contributed by atoms with Gasteiger partial charge in [0.25, 0.3) is 0 Å². The molecular weight excluding hydrogens is 336 g/mol. The van der Waals surface area contributed by atoms with Crippen molar-refractivity contribution in [1.82, 2.24) is 9.88 Å². The third-order valence-electron chi connectivity index (χ3n) is 3.93. The van der Waals surface area contributed by atoms with Crippen molar-refractivity contribution in [2.75, 3.05) is 7.11 Å². The van der Waals surface area contributed by atoms with Gasteiger partial charge in [-0.05, 0) is 19.1 Å². The van der Waals surface area contributed by atoms with Crippen LogP contribution in [0.2, 0.25) is 0 Å². The summed E-state index contributed by atoms with van der Waals surface area (Å²) >= 11 is 1.13. The summed E-state index contributed by atoms with van der Waals surface area (Å²) in [6.45, 7) is 1.49. The van der Waals surface area contributed by atoms with Gasteiger partial charge in [-0.15, -0.1) is 0 Å². The number of carbonyl (C=O) groups is 3. The second-order valence-corrected chi connectivity index (χ2v) is 6.48. The molecule has 0 aliphatic carbocycles. The van der Waals surface area contributed by atoms with E-state index in [1.54, 1.807) is 12.1 Å². The lowest BCUT2D eigenvalue weighted by Crippen LogP contribution is -2.60. The highest BCUT2D eigenvalue weighted by Crippen LogP contribution is 2.54. The fraction of sp³-hybridized carbons (Fsp3) is 0.333. The van der Waals surface area contributed by atoms with Gasteiger partial charge in [0.15, 0.2) is 5.69 Å². The molecule has 1 saturated heterocycles. The lowest BCUT2D eigenvalue weighted by molar-refractivity contribution is -0.156. The molecule has 1 fully saturated rings. The number of carbonyl (C=O) groups excluding carboxylic acids is 2. The molecule has 8 nitrogen and oxygen atoms in total. The molecule has 3 rings (SSSR count). The predicted molar refractivity (Wildman–Crippen MR) is 83.5 cm³/mol. The third kappa shape index (κ3) is 2.28. The number of thioether (sulfide) groups is 1. The largest absolute Gasteiger partial charge is 0.477 e. The number of aliphatic hydroxyl groups is 1. The van der Waals surface area contributed by atoms with Crippen LogP contribution >= 0.6 is 11.8 Å². The van der Waals surface area contributed by atoms with E-state index < -0.39 is 35.2 Å². The summed E-state index contributed by atoms with van der Waals surface area (Å²) in [5.41, 5.74) is 0.0631. The Bertz CT molecular complexity index is 775. The molecule has 3 heterocycles. The van der Waals surface area contributed by atoms with E-state index >= 15 is 0 Å². The van der Waals surface area contributed by atoms with Crippen LogP contribution in [-0.4, -0.2) is 56.5 Å². The highest BCUT2D eigenvalue weighted by Gasteiger charge is 2.58. The number of pyridine rings is 1. The van der Waals surface area contributed by atoms with E-state index in [2.05, 4.69) is 9.72 Å². The molecule has 24 heavy (non-hydrogen) atoms. The number of carboxylic acid groups (broad SMARTS) is 1. The maximum Gasteiger partial charge on any atom is 0.357 e. The number of rotatable bonds is 4. The zero-order chi connectivity index (χ0) is 17.6.